The van der Waals surface area contributed by atoms with E-state index in [4.69, 9.17) is 13.7 Å². The van der Waals surface area contributed by atoms with Crippen molar-refractivity contribution in [2.75, 3.05) is 19.6 Å². The van der Waals surface area contributed by atoms with Gasteiger partial charge in [-0.2, -0.15) is 21.6 Å². The molecule has 0 spiro atoms. The Hall–Kier alpha value is -3.85. The lowest BCUT2D eigenvalue weighted by molar-refractivity contribution is -0.137. The van der Waals surface area contributed by atoms with E-state index < -0.39 is 62.6 Å². The number of piperidine rings is 2. The topological polar surface area (TPSA) is 132 Å². The number of carbonyl (C=O) groups is 3. The zero-order chi connectivity index (χ0) is 33.7. The van der Waals surface area contributed by atoms with Crippen molar-refractivity contribution in [3.8, 4) is 0 Å². The third kappa shape index (κ3) is 9.58. The average Bonchev–Trinajstić information content (AvgIpc) is 2.99. The van der Waals surface area contributed by atoms with Crippen LogP contribution in [-0.4, -0.2) is 79.7 Å². The molecular weight excluding hydrogens is 631 g/mol. The zero-order valence-electron chi connectivity index (χ0n) is 25.8. The summed E-state index contributed by atoms with van der Waals surface area (Å²) in [5.74, 6) is -0.458. The van der Waals surface area contributed by atoms with E-state index >= 15 is 0 Å². The fourth-order valence-corrected chi connectivity index (χ4v) is 6.27. The SMILES string of the molecule is CC(C)(C)OC(=O)N1C[C@@H](OS(=O)(=O)c2ccc(C(F)(F)F)cc2)CCC1C(=O)NC1CCN(C(=O)OCc2ccccc2)CC1. The summed E-state index contributed by atoms with van der Waals surface area (Å²) < 4.78 is 80.7. The first kappa shape index (κ1) is 35.0. The Labute approximate surface area is 266 Å². The molecule has 0 aromatic heterocycles. The van der Waals surface area contributed by atoms with Crippen LogP contribution in [0.3, 0.4) is 0 Å². The molecule has 1 unspecified atom stereocenters. The number of carbonyl (C=O) groups excluding carboxylic acids is 3. The Morgan fingerprint density at radius 1 is 0.891 bits per heavy atom. The minimum absolute atomic E-state index is 0.0446. The highest BCUT2D eigenvalue weighted by molar-refractivity contribution is 7.86. The fraction of sp³-hybridized carbons (Fsp3) is 0.516. The van der Waals surface area contributed by atoms with Crippen LogP contribution in [0.2, 0.25) is 0 Å². The summed E-state index contributed by atoms with van der Waals surface area (Å²) in [6.45, 7) is 5.49. The Kier molecular flexibility index (Phi) is 10.9. The normalized spacial score (nSPS) is 19.8. The van der Waals surface area contributed by atoms with Crippen molar-refractivity contribution in [1.29, 1.82) is 0 Å². The van der Waals surface area contributed by atoms with Crippen LogP contribution in [0, 0.1) is 0 Å². The van der Waals surface area contributed by atoms with E-state index in [2.05, 4.69) is 5.32 Å². The molecule has 2 aliphatic heterocycles. The van der Waals surface area contributed by atoms with Gasteiger partial charge in [0.2, 0.25) is 5.91 Å². The number of alkyl halides is 3. The molecule has 0 radical (unpaired) electrons. The predicted molar refractivity (Wildman–Crippen MR) is 159 cm³/mol. The number of rotatable bonds is 7. The Morgan fingerprint density at radius 2 is 1.52 bits per heavy atom. The van der Waals surface area contributed by atoms with Crippen LogP contribution in [0.4, 0.5) is 22.8 Å². The number of nitrogens with zero attached hydrogens (tertiary/aromatic N) is 2. The highest BCUT2D eigenvalue weighted by atomic mass is 32.2. The van der Waals surface area contributed by atoms with Crippen LogP contribution in [0.25, 0.3) is 0 Å². The van der Waals surface area contributed by atoms with Crippen LogP contribution in [0.15, 0.2) is 59.5 Å². The largest absolute Gasteiger partial charge is 0.445 e. The van der Waals surface area contributed by atoms with Crippen molar-refractivity contribution in [1.82, 2.24) is 15.1 Å². The maximum Gasteiger partial charge on any atom is 0.416 e. The van der Waals surface area contributed by atoms with Crippen molar-refractivity contribution in [3.05, 3.63) is 65.7 Å². The van der Waals surface area contributed by atoms with E-state index in [1.807, 2.05) is 30.3 Å². The van der Waals surface area contributed by atoms with Gasteiger partial charge < -0.3 is 19.7 Å². The molecule has 46 heavy (non-hydrogen) atoms. The summed E-state index contributed by atoms with van der Waals surface area (Å²) in [5.41, 5.74) is -1.06. The highest BCUT2D eigenvalue weighted by Crippen LogP contribution is 2.31. The molecule has 0 aliphatic carbocycles. The van der Waals surface area contributed by atoms with Crippen LogP contribution >= 0.6 is 0 Å². The number of benzene rings is 2. The Balaban J connectivity index is 1.35. The maximum atomic E-state index is 13.4. The molecule has 1 N–H and O–H groups in total. The first-order valence-electron chi connectivity index (χ1n) is 14.9. The number of nitrogens with one attached hydrogen (secondary N) is 1. The summed E-state index contributed by atoms with van der Waals surface area (Å²) in [5, 5.41) is 2.94. The zero-order valence-corrected chi connectivity index (χ0v) is 26.6. The third-order valence-corrected chi connectivity index (χ3v) is 8.88. The first-order valence-corrected chi connectivity index (χ1v) is 16.3. The van der Waals surface area contributed by atoms with Gasteiger partial charge in [-0.3, -0.25) is 13.9 Å². The molecule has 11 nitrogen and oxygen atoms in total. The molecule has 4 rings (SSSR count). The van der Waals surface area contributed by atoms with Crippen molar-refractivity contribution < 1.29 is 49.6 Å². The second-order valence-electron chi connectivity index (χ2n) is 12.2. The maximum absolute atomic E-state index is 13.4. The van der Waals surface area contributed by atoms with Gasteiger partial charge in [0.1, 0.15) is 18.2 Å². The first-order chi connectivity index (χ1) is 21.5. The number of ether oxygens (including phenoxy) is 2. The number of likely N-dealkylation sites (tertiary alicyclic amines) is 2. The molecule has 2 heterocycles. The summed E-state index contributed by atoms with van der Waals surface area (Å²) in [6, 6.07) is 10.9. The smallest absolute Gasteiger partial charge is 0.416 e. The summed E-state index contributed by atoms with van der Waals surface area (Å²) in [7, 11) is -4.49. The molecule has 0 bridgehead atoms. The molecule has 2 aromatic rings. The summed E-state index contributed by atoms with van der Waals surface area (Å²) in [6.07, 6.45) is -5.97. The number of amides is 3. The third-order valence-electron chi connectivity index (χ3n) is 7.51. The lowest BCUT2D eigenvalue weighted by atomic mass is 9.98. The van der Waals surface area contributed by atoms with Gasteiger partial charge in [0.05, 0.1) is 23.1 Å². The number of hydrogen-bond acceptors (Lipinski definition) is 8. The molecule has 15 heteroatoms. The summed E-state index contributed by atoms with van der Waals surface area (Å²) in [4.78, 5) is 41.3. The van der Waals surface area contributed by atoms with Crippen molar-refractivity contribution >= 4 is 28.2 Å². The van der Waals surface area contributed by atoms with E-state index in [1.165, 1.54) is 0 Å². The van der Waals surface area contributed by atoms with Gasteiger partial charge in [0, 0.05) is 19.1 Å². The van der Waals surface area contributed by atoms with E-state index in [9.17, 15) is 36.0 Å². The molecule has 3 amide bonds. The van der Waals surface area contributed by atoms with Crippen LogP contribution in [0.1, 0.15) is 57.6 Å². The quantitative estimate of drug-likeness (QED) is 0.403. The van der Waals surface area contributed by atoms with Gasteiger partial charge >= 0.3 is 18.4 Å². The van der Waals surface area contributed by atoms with Crippen molar-refractivity contribution in [3.63, 3.8) is 0 Å². The van der Waals surface area contributed by atoms with Gasteiger partial charge in [-0.15, -0.1) is 0 Å². The molecule has 2 atom stereocenters. The molecule has 2 fully saturated rings. The van der Waals surface area contributed by atoms with Gasteiger partial charge in [-0.05, 0) is 76.3 Å². The number of halogens is 3. The van der Waals surface area contributed by atoms with Gasteiger partial charge in [0.15, 0.2) is 0 Å². The van der Waals surface area contributed by atoms with E-state index in [1.54, 1.807) is 25.7 Å². The van der Waals surface area contributed by atoms with Gasteiger partial charge in [0.25, 0.3) is 10.1 Å². The van der Waals surface area contributed by atoms with Crippen LogP contribution < -0.4 is 5.32 Å². The highest BCUT2D eigenvalue weighted by Gasteiger charge is 2.41. The predicted octanol–water partition coefficient (Wildman–Crippen LogP) is 5.10. The van der Waals surface area contributed by atoms with Crippen LogP contribution in [-0.2, 0) is 41.4 Å². The minimum atomic E-state index is -4.64. The van der Waals surface area contributed by atoms with Crippen LogP contribution in [0.5, 0.6) is 0 Å². The second kappa shape index (κ2) is 14.3. The molecule has 0 saturated carbocycles. The number of hydrogen-bond donors (Lipinski definition) is 1. The average molecular weight is 670 g/mol. The monoisotopic (exact) mass is 669 g/mol. The summed E-state index contributed by atoms with van der Waals surface area (Å²) >= 11 is 0. The molecule has 252 valence electrons. The second-order valence-corrected chi connectivity index (χ2v) is 13.8. The molecule has 2 aromatic carbocycles. The van der Waals surface area contributed by atoms with Gasteiger partial charge in [-0.25, -0.2) is 9.59 Å². The van der Waals surface area contributed by atoms with Gasteiger partial charge in [-0.1, -0.05) is 30.3 Å². The van der Waals surface area contributed by atoms with E-state index in [0.29, 0.717) is 38.1 Å². The molecular formula is C31H38F3N3O8S. The lowest BCUT2D eigenvalue weighted by Crippen LogP contribution is -2.58. The van der Waals surface area contributed by atoms with Crippen molar-refractivity contribution in [2.45, 2.75) is 87.9 Å². The Morgan fingerprint density at radius 3 is 2.11 bits per heavy atom. The fourth-order valence-electron chi connectivity index (χ4n) is 5.17. The minimum Gasteiger partial charge on any atom is -0.445 e. The standard InChI is InChI=1S/C31H38F3N3O8S/c1-30(2,3)44-29(40)37-19-24(45-46(41,42)25-12-9-22(10-13-25)31(32,33)34)11-14-26(37)27(38)35-23-15-17-36(18-16-23)28(39)43-20-21-7-5-4-6-8-21/h4-10,12-13,23-24,26H,11,14-20H2,1-3H3,(H,35,38)/t24-,26?/m0/s1. The Bertz CT molecular complexity index is 1470. The lowest BCUT2D eigenvalue weighted by Gasteiger charge is -2.40. The van der Waals surface area contributed by atoms with Crippen molar-refractivity contribution in [2.24, 2.45) is 0 Å². The van der Waals surface area contributed by atoms with E-state index in [-0.39, 0.29) is 32.0 Å². The molecule has 2 aliphatic rings. The van der Waals surface area contributed by atoms with E-state index in [0.717, 1.165) is 22.6 Å². The molecule has 2 saturated heterocycles.